The molecule has 0 aromatic carbocycles. The van der Waals surface area contributed by atoms with Gasteiger partial charge in [0.15, 0.2) is 0 Å². The molecule has 6 heteroatoms. The third kappa shape index (κ3) is 7.83. The van der Waals surface area contributed by atoms with Crippen molar-refractivity contribution in [3.8, 4) is 0 Å². The molecule has 0 bridgehead atoms. The molecule has 0 aliphatic rings. The van der Waals surface area contributed by atoms with E-state index in [0.29, 0.717) is 13.0 Å². The molecule has 61 valence electrons. The van der Waals surface area contributed by atoms with Crippen LogP contribution in [-0.4, -0.2) is 33.2 Å². The minimum Gasteiger partial charge on any atom is -0.264 e. The molecule has 0 amide bonds. The fourth-order valence-corrected chi connectivity index (χ4v) is 0.715. The monoisotopic (exact) mass is 168 g/mol. The van der Waals surface area contributed by atoms with Gasteiger partial charge in [-0.25, -0.2) is 9.50 Å². The molecule has 1 N–H and O–H groups in total. The molecule has 5 nitrogen and oxygen atoms in total. The third-order valence-corrected chi connectivity index (χ3v) is 1.22. The van der Waals surface area contributed by atoms with E-state index in [9.17, 15) is 8.42 Å². The van der Waals surface area contributed by atoms with Crippen LogP contribution in [0.5, 0.6) is 0 Å². The molecule has 0 fully saturated rings. The van der Waals surface area contributed by atoms with Crippen molar-refractivity contribution >= 4 is 10.4 Å². The Morgan fingerprint density at radius 3 is 2.60 bits per heavy atom. The first-order chi connectivity index (χ1) is 4.56. The van der Waals surface area contributed by atoms with Crippen LogP contribution in [0.25, 0.3) is 0 Å². The van der Waals surface area contributed by atoms with E-state index < -0.39 is 10.4 Å². The average molecular weight is 168 g/mol. The predicted molar refractivity (Wildman–Crippen MR) is 35.0 cm³/mol. The van der Waals surface area contributed by atoms with Crippen molar-refractivity contribution in [2.24, 2.45) is 0 Å². The lowest BCUT2D eigenvalue weighted by molar-refractivity contribution is 0.264. The summed E-state index contributed by atoms with van der Waals surface area (Å²) < 4.78 is 31.8. The summed E-state index contributed by atoms with van der Waals surface area (Å²) >= 11 is 0. The van der Waals surface area contributed by atoms with Crippen LogP contribution in [0.15, 0.2) is 0 Å². The summed E-state index contributed by atoms with van der Waals surface area (Å²) in [6, 6.07) is 0. The van der Waals surface area contributed by atoms with Gasteiger partial charge in [-0.05, 0) is 6.42 Å². The molecule has 0 saturated heterocycles. The van der Waals surface area contributed by atoms with Crippen LogP contribution in [-0.2, 0) is 14.6 Å². The van der Waals surface area contributed by atoms with Crippen LogP contribution < -0.4 is 5.32 Å². The maximum Gasteiger partial charge on any atom is 0.397 e. The Morgan fingerprint density at radius 2 is 2.20 bits per heavy atom. The van der Waals surface area contributed by atoms with Crippen LogP contribution >= 0.6 is 0 Å². The second-order valence-corrected chi connectivity index (χ2v) is 2.73. The molecule has 0 aliphatic carbocycles. The van der Waals surface area contributed by atoms with Gasteiger partial charge in [0.05, 0.1) is 6.61 Å². The molecule has 0 saturated carbocycles. The normalized spacial score (nSPS) is 11.8. The van der Waals surface area contributed by atoms with E-state index in [4.69, 9.17) is 4.55 Å². The van der Waals surface area contributed by atoms with Crippen molar-refractivity contribution in [3.05, 3.63) is 0 Å². The second-order valence-electron chi connectivity index (χ2n) is 1.64. The van der Waals surface area contributed by atoms with E-state index in [1.165, 1.54) is 0 Å². The number of hydrogen-bond acceptors (Lipinski definition) is 3. The Labute approximate surface area is 60.3 Å². The fraction of sp³-hybridized carbons (Fsp3) is 1.00. The third-order valence-electron chi connectivity index (χ3n) is 0.758. The van der Waals surface area contributed by atoms with Gasteiger partial charge in [0.25, 0.3) is 0 Å². The highest BCUT2D eigenvalue weighted by molar-refractivity contribution is 7.80. The molecule has 0 aliphatic heterocycles. The molecule has 0 aromatic heterocycles. The first kappa shape index (κ1) is 9.83. The van der Waals surface area contributed by atoms with E-state index >= 15 is 0 Å². The number of nitrogens with zero attached hydrogens (tertiary/aromatic N) is 1. The number of rotatable bonds is 5. The molecule has 0 heterocycles. The molecular weight excluding hydrogens is 158 g/mol. The summed E-state index contributed by atoms with van der Waals surface area (Å²) in [5.41, 5.74) is 0. The summed E-state index contributed by atoms with van der Waals surface area (Å²) in [4.78, 5) is 0. The minimum absolute atomic E-state index is 0.0177. The summed E-state index contributed by atoms with van der Waals surface area (Å²) in [6.45, 7) is 0.520. The molecule has 0 atom stereocenters. The maximum atomic E-state index is 9.90. The Balaban J connectivity index is 3.21. The van der Waals surface area contributed by atoms with Crippen molar-refractivity contribution in [1.82, 2.24) is 5.32 Å². The zero-order valence-electron chi connectivity index (χ0n) is 5.65. The van der Waals surface area contributed by atoms with Gasteiger partial charge < -0.3 is 0 Å². The summed E-state index contributed by atoms with van der Waals surface area (Å²) in [5, 5.41) is 3.70. The zero-order valence-corrected chi connectivity index (χ0v) is 6.47. The second kappa shape index (κ2) is 4.62. The quantitative estimate of drug-likeness (QED) is 0.440. The van der Waals surface area contributed by atoms with Gasteiger partial charge in [-0.3, -0.25) is 4.55 Å². The number of hydrogen-bond donors (Lipinski definition) is 1. The topological polar surface area (TPSA) is 77.7 Å². The highest BCUT2D eigenvalue weighted by Crippen LogP contribution is 1.87. The van der Waals surface area contributed by atoms with Gasteiger partial charge in [-0.15, -0.1) is 0 Å². The fourth-order valence-electron chi connectivity index (χ4n) is 0.387. The Kier molecular flexibility index (Phi) is 4.54. The van der Waals surface area contributed by atoms with Crippen LogP contribution in [0.3, 0.4) is 0 Å². The van der Waals surface area contributed by atoms with Crippen molar-refractivity contribution < 1.29 is 17.2 Å². The maximum absolute atomic E-state index is 9.90. The molecule has 0 rings (SSSR count). The lowest BCUT2D eigenvalue weighted by Gasteiger charge is -1.96. The van der Waals surface area contributed by atoms with E-state index in [2.05, 4.69) is 9.50 Å². The SMILES string of the molecule is C[N]CCCOS(=O)(=O)O. The Hall–Kier alpha value is -0.170. The Bertz CT molecular complexity index is 164. The van der Waals surface area contributed by atoms with Crippen LogP contribution in [0.4, 0.5) is 0 Å². The standard InChI is InChI=1S/C4H10NO4S/c1-5-3-2-4-9-10(6,7)8/h2-4H2,1H3,(H,6,7,8). The van der Waals surface area contributed by atoms with Crippen LogP contribution in [0.2, 0.25) is 0 Å². The first-order valence-corrected chi connectivity index (χ1v) is 4.10. The van der Waals surface area contributed by atoms with E-state index in [1.54, 1.807) is 7.05 Å². The summed E-state index contributed by atoms with van der Waals surface area (Å²) in [5.74, 6) is 0. The zero-order chi connectivity index (χ0) is 8.04. The molecular formula is C4H10NO4S. The minimum atomic E-state index is -4.25. The van der Waals surface area contributed by atoms with Crippen molar-refractivity contribution in [3.63, 3.8) is 0 Å². The van der Waals surface area contributed by atoms with Gasteiger partial charge in [-0.2, -0.15) is 8.42 Å². The van der Waals surface area contributed by atoms with Gasteiger partial charge >= 0.3 is 10.4 Å². The van der Waals surface area contributed by atoms with Gasteiger partial charge in [-0.1, -0.05) is 0 Å². The average Bonchev–Trinajstić information content (AvgIpc) is 1.78. The van der Waals surface area contributed by atoms with E-state index in [-0.39, 0.29) is 6.61 Å². The highest BCUT2D eigenvalue weighted by atomic mass is 32.3. The predicted octanol–water partition coefficient (Wildman–Crippen LogP) is -0.570. The van der Waals surface area contributed by atoms with Crippen LogP contribution in [0, 0.1) is 0 Å². The molecule has 0 unspecified atom stereocenters. The van der Waals surface area contributed by atoms with E-state index in [0.717, 1.165) is 0 Å². The lowest BCUT2D eigenvalue weighted by atomic mass is 10.5. The smallest absolute Gasteiger partial charge is 0.264 e. The van der Waals surface area contributed by atoms with Gasteiger partial charge in [0.1, 0.15) is 0 Å². The van der Waals surface area contributed by atoms with Gasteiger partial charge in [0, 0.05) is 13.6 Å². The van der Waals surface area contributed by atoms with Gasteiger partial charge in [0.2, 0.25) is 0 Å². The van der Waals surface area contributed by atoms with Crippen molar-refractivity contribution in [2.75, 3.05) is 20.2 Å². The largest absolute Gasteiger partial charge is 0.397 e. The summed E-state index contributed by atoms with van der Waals surface area (Å²) in [6.07, 6.45) is 0.496. The summed E-state index contributed by atoms with van der Waals surface area (Å²) in [7, 11) is -2.63. The molecule has 0 aromatic rings. The molecule has 1 radical (unpaired) electrons. The highest BCUT2D eigenvalue weighted by Gasteiger charge is 2.01. The first-order valence-electron chi connectivity index (χ1n) is 2.73. The van der Waals surface area contributed by atoms with Crippen molar-refractivity contribution in [1.29, 1.82) is 0 Å². The molecule has 10 heavy (non-hydrogen) atoms. The van der Waals surface area contributed by atoms with Crippen molar-refractivity contribution in [2.45, 2.75) is 6.42 Å². The molecule has 0 spiro atoms. The Morgan fingerprint density at radius 1 is 1.60 bits per heavy atom. The lowest BCUT2D eigenvalue weighted by Crippen LogP contribution is -2.08. The van der Waals surface area contributed by atoms with Crippen LogP contribution in [0.1, 0.15) is 6.42 Å². The van der Waals surface area contributed by atoms with E-state index in [1.807, 2.05) is 0 Å².